The van der Waals surface area contributed by atoms with E-state index in [-0.39, 0.29) is 24.3 Å². The van der Waals surface area contributed by atoms with E-state index in [1.165, 1.54) is 6.20 Å². The quantitative estimate of drug-likeness (QED) is 0.854. The number of rotatable bonds is 5. The van der Waals surface area contributed by atoms with Gasteiger partial charge in [0, 0.05) is 25.2 Å². The number of amides is 2. The van der Waals surface area contributed by atoms with Gasteiger partial charge in [-0.3, -0.25) is 9.59 Å². The molecule has 2 aromatic rings. The summed E-state index contributed by atoms with van der Waals surface area (Å²) in [5.41, 5.74) is 1.09. The zero-order valence-electron chi connectivity index (χ0n) is 15.2. The van der Waals surface area contributed by atoms with Gasteiger partial charge in [0.05, 0.1) is 5.02 Å². The molecule has 0 radical (unpaired) electrons. The number of aromatic nitrogens is 1. The molecule has 1 saturated heterocycles. The molecule has 1 fully saturated rings. The van der Waals surface area contributed by atoms with E-state index in [0.717, 1.165) is 5.56 Å². The molecule has 0 saturated carbocycles. The van der Waals surface area contributed by atoms with Crippen LogP contribution in [0.1, 0.15) is 18.4 Å². The summed E-state index contributed by atoms with van der Waals surface area (Å²) in [5, 5.41) is 3.32. The zero-order valence-corrected chi connectivity index (χ0v) is 15.9. The first-order valence-electron chi connectivity index (χ1n) is 8.91. The van der Waals surface area contributed by atoms with Crippen LogP contribution in [-0.4, -0.2) is 41.4 Å². The number of piperidine rings is 1. The molecular formula is C20H22ClN3O3. The van der Waals surface area contributed by atoms with Crippen molar-refractivity contribution in [1.82, 2.24) is 9.88 Å². The minimum Gasteiger partial charge on any atom is -0.484 e. The van der Waals surface area contributed by atoms with Gasteiger partial charge in [-0.15, -0.1) is 0 Å². The van der Waals surface area contributed by atoms with Crippen molar-refractivity contribution in [1.29, 1.82) is 0 Å². The summed E-state index contributed by atoms with van der Waals surface area (Å²) in [7, 11) is 0. The smallest absolute Gasteiger partial charge is 0.260 e. The molecule has 3 rings (SSSR count). The van der Waals surface area contributed by atoms with E-state index in [1.807, 2.05) is 31.2 Å². The van der Waals surface area contributed by atoms with E-state index in [1.54, 1.807) is 17.0 Å². The largest absolute Gasteiger partial charge is 0.484 e. The second kappa shape index (κ2) is 8.86. The molecule has 0 atom stereocenters. The molecule has 0 aliphatic carbocycles. The van der Waals surface area contributed by atoms with Crippen LogP contribution in [0.4, 0.5) is 5.82 Å². The second-order valence-electron chi connectivity index (χ2n) is 6.61. The Kier molecular flexibility index (Phi) is 6.29. The van der Waals surface area contributed by atoms with E-state index in [4.69, 9.17) is 16.3 Å². The Hall–Kier alpha value is -2.60. The molecular weight excluding hydrogens is 366 g/mol. The van der Waals surface area contributed by atoms with Crippen LogP contribution in [0.25, 0.3) is 0 Å². The summed E-state index contributed by atoms with van der Waals surface area (Å²) in [5.74, 6) is 0.898. The molecule has 2 amide bonds. The minimum atomic E-state index is -0.135. The van der Waals surface area contributed by atoms with Gasteiger partial charge in [-0.05, 0) is 49.6 Å². The van der Waals surface area contributed by atoms with E-state index in [2.05, 4.69) is 10.3 Å². The van der Waals surface area contributed by atoms with Crippen molar-refractivity contribution in [2.24, 2.45) is 5.92 Å². The van der Waals surface area contributed by atoms with E-state index >= 15 is 0 Å². The van der Waals surface area contributed by atoms with Crippen molar-refractivity contribution in [3.8, 4) is 5.75 Å². The van der Waals surface area contributed by atoms with Crippen LogP contribution >= 0.6 is 11.6 Å². The maximum atomic E-state index is 12.4. The van der Waals surface area contributed by atoms with Crippen LogP contribution in [0.2, 0.25) is 5.02 Å². The fourth-order valence-corrected chi connectivity index (χ4v) is 3.12. The summed E-state index contributed by atoms with van der Waals surface area (Å²) in [6.45, 7) is 3.07. The molecule has 0 spiro atoms. The number of aryl methyl sites for hydroxylation is 1. The Balaban J connectivity index is 1.44. The summed E-state index contributed by atoms with van der Waals surface area (Å²) in [4.78, 5) is 30.5. The van der Waals surface area contributed by atoms with Crippen molar-refractivity contribution in [3.63, 3.8) is 0 Å². The van der Waals surface area contributed by atoms with Gasteiger partial charge in [0.2, 0.25) is 5.91 Å². The normalized spacial score (nSPS) is 14.7. The fourth-order valence-electron chi connectivity index (χ4n) is 3.01. The van der Waals surface area contributed by atoms with Gasteiger partial charge < -0.3 is 15.0 Å². The Morgan fingerprint density at radius 1 is 1.26 bits per heavy atom. The van der Waals surface area contributed by atoms with Gasteiger partial charge in [0.1, 0.15) is 11.6 Å². The Morgan fingerprint density at radius 3 is 2.70 bits per heavy atom. The molecule has 1 aromatic carbocycles. The van der Waals surface area contributed by atoms with Gasteiger partial charge in [0.15, 0.2) is 6.61 Å². The van der Waals surface area contributed by atoms with Gasteiger partial charge >= 0.3 is 0 Å². The highest BCUT2D eigenvalue weighted by Crippen LogP contribution is 2.20. The van der Waals surface area contributed by atoms with Gasteiger partial charge in [-0.2, -0.15) is 0 Å². The molecule has 1 aliphatic rings. The molecule has 0 bridgehead atoms. The van der Waals surface area contributed by atoms with E-state index in [0.29, 0.717) is 42.5 Å². The SMILES string of the molecule is Cc1cccc(OCC(=O)N2CCC(C(=O)Nc3ccc(Cl)cn3)CC2)c1. The van der Waals surface area contributed by atoms with Crippen LogP contribution in [0.5, 0.6) is 5.75 Å². The number of carbonyl (C=O) groups excluding carboxylic acids is 2. The van der Waals surface area contributed by atoms with Crippen LogP contribution in [0, 0.1) is 12.8 Å². The predicted molar refractivity (Wildman–Crippen MR) is 104 cm³/mol. The number of nitrogens with one attached hydrogen (secondary N) is 1. The molecule has 6 nitrogen and oxygen atoms in total. The van der Waals surface area contributed by atoms with Crippen molar-refractivity contribution < 1.29 is 14.3 Å². The predicted octanol–water partition coefficient (Wildman–Crippen LogP) is 3.30. The number of anilines is 1. The summed E-state index contributed by atoms with van der Waals surface area (Å²) in [6, 6.07) is 11.0. The van der Waals surface area contributed by atoms with E-state index < -0.39 is 0 Å². The van der Waals surface area contributed by atoms with Crippen molar-refractivity contribution in [2.45, 2.75) is 19.8 Å². The highest BCUT2D eigenvalue weighted by molar-refractivity contribution is 6.30. The standard InChI is InChI=1S/C20H22ClN3O3/c1-14-3-2-4-17(11-14)27-13-19(25)24-9-7-15(8-10-24)20(26)23-18-6-5-16(21)12-22-18/h2-6,11-12,15H,7-10,13H2,1H3,(H,22,23,26). The first-order chi connectivity index (χ1) is 13.0. The third-order valence-corrected chi connectivity index (χ3v) is 4.77. The molecule has 1 aromatic heterocycles. The Morgan fingerprint density at radius 2 is 2.04 bits per heavy atom. The fraction of sp³-hybridized carbons (Fsp3) is 0.350. The molecule has 7 heteroatoms. The Labute approximate surface area is 163 Å². The average molecular weight is 388 g/mol. The lowest BCUT2D eigenvalue weighted by molar-refractivity contribution is -0.136. The highest BCUT2D eigenvalue weighted by atomic mass is 35.5. The zero-order chi connectivity index (χ0) is 19.2. The van der Waals surface area contributed by atoms with Gasteiger partial charge in [-0.1, -0.05) is 23.7 Å². The summed E-state index contributed by atoms with van der Waals surface area (Å²) >= 11 is 5.79. The third kappa shape index (κ3) is 5.44. The molecule has 142 valence electrons. The highest BCUT2D eigenvalue weighted by Gasteiger charge is 2.27. The second-order valence-corrected chi connectivity index (χ2v) is 7.05. The van der Waals surface area contributed by atoms with Crippen LogP contribution in [0.15, 0.2) is 42.6 Å². The number of pyridine rings is 1. The molecule has 1 N–H and O–H groups in total. The van der Waals surface area contributed by atoms with Crippen molar-refractivity contribution in [3.05, 3.63) is 53.2 Å². The minimum absolute atomic E-state index is 0.00894. The molecule has 2 heterocycles. The van der Waals surface area contributed by atoms with E-state index in [9.17, 15) is 9.59 Å². The monoisotopic (exact) mass is 387 g/mol. The number of carbonyl (C=O) groups is 2. The van der Waals surface area contributed by atoms with Crippen molar-refractivity contribution >= 4 is 29.2 Å². The summed E-state index contributed by atoms with van der Waals surface area (Å²) in [6.07, 6.45) is 2.73. The molecule has 1 aliphatic heterocycles. The molecule has 27 heavy (non-hydrogen) atoms. The van der Waals surface area contributed by atoms with Gasteiger partial charge in [-0.25, -0.2) is 4.98 Å². The van der Waals surface area contributed by atoms with Gasteiger partial charge in [0.25, 0.3) is 5.91 Å². The van der Waals surface area contributed by atoms with Crippen LogP contribution in [0.3, 0.4) is 0 Å². The number of hydrogen-bond donors (Lipinski definition) is 1. The lowest BCUT2D eigenvalue weighted by Gasteiger charge is -2.31. The molecule has 0 unspecified atom stereocenters. The maximum Gasteiger partial charge on any atom is 0.260 e. The van der Waals surface area contributed by atoms with Crippen LogP contribution in [-0.2, 0) is 9.59 Å². The van der Waals surface area contributed by atoms with Crippen LogP contribution < -0.4 is 10.1 Å². The third-order valence-electron chi connectivity index (χ3n) is 4.55. The number of halogens is 1. The maximum absolute atomic E-state index is 12.4. The number of ether oxygens (including phenoxy) is 1. The first-order valence-corrected chi connectivity index (χ1v) is 9.29. The van der Waals surface area contributed by atoms with Crippen molar-refractivity contribution in [2.75, 3.05) is 25.0 Å². The lowest BCUT2D eigenvalue weighted by atomic mass is 9.96. The summed E-state index contributed by atoms with van der Waals surface area (Å²) < 4.78 is 5.58. The first kappa shape index (κ1) is 19.2. The average Bonchev–Trinajstić information content (AvgIpc) is 2.68. The number of nitrogens with zero attached hydrogens (tertiary/aromatic N) is 2. The Bertz CT molecular complexity index is 802. The topological polar surface area (TPSA) is 71.5 Å². The number of hydrogen-bond acceptors (Lipinski definition) is 4. The lowest BCUT2D eigenvalue weighted by Crippen LogP contribution is -2.43. The number of benzene rings is 1. The number of likely N-dealkylation sites (tertiary alicyclic amines) is 1.